The van der Waals surface area contributed by atoms with Gasteiger partial charge in [0, 0.05) is 6.61 Å². The van der Waals surface area contributed by atoms with Crippen LogP contribution in [0.15, 0.2) is 29.2 Å². The van der Waals surface area contributed by atoms with Crippen LogP contribution in [0, 0.1) is 12.3 Å². The molecule has 0 atom stereocenters. The number of hydrogen-bond acceptors (Lipinski definition) is 7. The van der Waals surface area contributed by atoms with Crippen molar-refractivity contribution in [3.63, 3.8) is 0 Å². The molecule has 1 aromatic carbocycles. The van der Waals surface area contributed by atoms with Crippen LogP contribution >= 0.6 is 0 Å². The first-order valence-electron chi connectivity index (χ1n) is 9.98. The normalized spacial score (nSPS) is 12.4. The Kier molecular flexibility index (Phi) is 12.6. The maximum atomic E-state index is 12.0. The molecule has 0 N–H and O–H groups in total. The van der Waals surface area contributed by atoms with Gasteiger partial charge in [0.2, 0.25) is 0 Å². The van der Waals surface area contributed by atoms with E-state index in [0.29, 0.717) is 39.6 Å². The lowest BCUT2D eigenvalue weighted by Crippen LogP contribution is -2.15. The van der Waals surface area contributed by atoms with E-state index in [1.807, 2.05) is 6.92 Å². The third kappa shape index (κ3) is 13.8. The van der Waals surface area contributed by atoms with Gasteiger partial charge in [-0.05, 0) is 30.9 Å². The summed E-state index contributed by atoms with van der Waals surface area (Å²) in [6.45, 7) is 12.2. The summed E-state index contributed by atoms with van der Waals surface area (Å²) in [5, 5.41) is 0. The van der Waals surface area contributed by atoms with Crippen LogP contribution in [0.4, 0.5) is 0 Å². The minimum absolute atomic E-state index is 0.0332. The molecule has 0 heterocycles. The molecule has 0 aliphatic rings. The molecule has 0 aliphatic heterocycles. The van der Waals surface area contributed by atoms with Crippen molar-refractivity contribution in [1.29, 1.82) is 0 Å². The van der Waals surface area contributed by atoms with Gasteiger partial charge in [0.25, 0.3) is 10.1 Å². The Morgan fingerprint density at radius 2 is 1.10 bits per heavy atom. The van der Waals surface area contributed by atoms with Crippen LogP contribution in [0.5, 0.6) is 0 Å². The molecule has 1 aromatic rings. The number of rotatable bonds is 16. The number of ether oxygens (including phenoxy) is 4. The van der Waals surface area contributed by atoms with Gasteiger partial charge in [-0.2, -0.15) is 8.42 Å². The van der Waals surface area contributed by atoms with Gasteiger partial charge >= 0.3 is 0 Å². The van der Waals surface area contributed by atoms with Crippen LogP contribution in [0.1, 0.15) is 32.8 Å². The molecule has 0 radical (unpaired) electrons. The summed E-state index contributed by atoms with van der Waals surface area (Å²) in [4.78, 5) is 0.144. The molecule has 0 unspecified atom stereocenters. The van der Waals surface area contributed by atoms with E-state index in [1.165, 1.54) is 12.1 Å². The molecular weight excluding hydrogens is 396 g/mol. The molecule has 1 rings (SSSR count). The Bertz CT molecular complexity index is 636. The fourth-order valence-corrected chi connectivity index (χ4v) is 3.01. The lowest BCUT2D eigenvalue weighted by molar-refractivity contribution is -0.00634. The minimum Gasteiger partial charge on any atom is -0.379 e. The van der Waals surface area contributed by atoms with E-state index in [-0.39, 0.29) is 23.5 Å². The maximum Gasteiger partial charge on any atom is 0.297 e. The van der Waals surface area contributed by atoms with Crippen molar-refractivity contribution in [2.24, 2.45) is 5.41 Å². The SMILES string of the molecule is Cc1ccc(S(=O)(=O)OCCOCCOCCOCCOCCC(C)(C)C)cc1. The van der Waals surface area contributed by atoms with Crippen LogP contribution in [-0.4, -0.2) is 67.9 Å². The Labute approximate surface area is 175 Å². The minimum atomic E-state index is -3.74. The van der Waals surface area contributed by atoms with Crippen LogP contribution < -0.4 is 0 Å². The van der Waals surface area contributed by atoms with Crippen molar-refractivity contribution < 1.29 is 31.5 Å². The van der Waals surface area contributed by atoms with Crippen molar-refractivity contribution in [1.82, 2.24) is 0 Å². The highest BCUT2D eigenvalue weighted by atomic mass is 32.2. The highest BCUT2D eigenvalue weighted by Gasteiger charge is 2.14. The molecule has 0 fully saturated rings. The summed E-state index contributed by atoms with van der Waals surface area (Å²) >= 11 is 0. The summed E-state index contributed by atoms with van der Waals surface area (Å²) in [6, 6.07) is 6.51. The van der Waals surface area contributed by atoms with E-state index in [2.05, 4.69) is 20.8 Å². The monoisotopic (exact) mass is 432 g/mol. The van der Waals surface area contributed by atoms with Crippen molar-refractivity contribution in [2.45, 2.75) is 39.0 Å². The van der Waals surface area contributed by atoms with Gasteiger partial charge in [-0.3, -0.25) is 4.18 Å². The average molecular weight is 433 g/mol. The first-order chi connectivity index (χ1) is 13.7. The Balaban J connectivity index is 1.89. The van der Waals surface area contributed by atoms with Crippen molar-refractivity contribution in [3.8, 4) is 0 Å². The molecule has 0 amide bonds. The zero-order chi connectivity index (χ0) is 21.6. The second-order valence-corrected chi connectivity index (χ2v) is 9.46. The van der Waals surface area contributed by atoms with E-state index < -0.39 is 10.1 Å². The average Bonchev–Trinajstić information content (AvgIpc) is 2.64. The zero-order valence-corrected chi connectivity index (χ0v) is 19.0. The van der Waals surface area contributed by atoms with E-state index in [9.17, 15) is 8.42 Å². The summed E-state index contributed by atoms with van der Waals surface area (Å²) in [5.74, 6) is 0. The lowest BCUT2D eigenvalue weighted by atomic mass is 9.93. The second-order valence-electron chi connectivity index (χ2n) is 7.85. The van der Waals surface area contributed by atoms with Gasteiger partial charge in [-0.25, -0.2) is 0 Å². The molecule has 8 heteroatoms. The van der Waals surface area contributed by atoms with E-state index in [0.717, 1.165) is 18.6 Å². The molecule has 0 aliphatic carbocycles. The van der Waals surface area contributed by atoms with Gasteiger partial charge in [0.1, 0.15) is 0 Å². The Morgan fingerprint density at radius 1 is 0.690 bits per heavy atom. The zero-order valence-electron chi connectivity index (χ0n) is 18.1. The van der Waals surface area contributed by atoms with Crippen LogP contribution in [-0.2, 0) is 33.2 Å². The topological polar surface area (TPSA) is 80.3 Å². The molecule has 0 aromatic heterocycles. The second kappa shape index (κ2) is 14.1. The summed E-state index contributed by atoms with van der Waals surface area (Å²) in [7, 11) is -3.74. The highest BCUT2D eigenvalue weighted by Crippen LogP contribution is 2.17. The van der Waals surface area contributed by atoms with Crippen molar-refractivity contribution in [2.75, 3.05) is 59.5 Å². The number of benzene rings is 1. The van der Waals surface area contributed by atoms with Gasteiger partial charge < -0.3 is 18.9 Å². The fourth-order valence-electron chi connectivity index (χ4n) is 2.12. The Hall–Kier alpha value is -1.03. The van der Waals surface area contributed by atoms with Gasteiger partial charge in [0.15, 0.2) is 0 Å². The van der Waals surface area contributed by atoms with Gasteiger partial charge in [-0.15, -0.1) is 0 Å². The largest absolute Gasteiger partial charge is 0.379 e. The van der Waals surface area contributed by atoms with Gasteiger partial charge in [-0.1, -0.05) is 38.5 Å². The standard InChI is InChI=1S/C21H36O7S/c1-19-5-7-20(8-6-19)29(22,23)28-18-17-27-16-15-26-14-13-25-12-11-24-10-9-21(2,3)4/h5-8H,9-18H2,1-4H3. The molecule has 0 spiro atoms. The van der Waals surface area contributed by atoms with Crippen LogP contribution in [0.25, 0.3) is 0 Å². The first-order valence-corrected chi connectivity index (χ1v) is 11.4. The molecule has 0 saturated carbocycles. The molecule has 0 saturated heterocycles. The third-order valence-corrected chi connectivity index (χ3v) is 5.21. The number of hydrogen-bond donors (Lipinski definition) is 0. The smallest absolute Gasteiger partial charge is 0.297 e. The first kappa shape index (κ1) is 26.0. The maximum absolute atomic E-state index is 12.0. The summed E-state index contributed by atoms with van der Waals surface area (Å²) < 4.78 is 50.5. The van der Waals surface area contributed by atoms with Crippen molar-refractivity contribution in [3.05, 3.63) is 29.8 Å². The van der Waals surface area contributed by atoms with E-state index >= 15 is 0 Å². The molecule has 29 heavy (non-hydrogen) atoms. The fraction of sp³-hybridized carbons (Fsp3) is 0.714. The summed E-state index contributed by atoms with van der Waals surface area (Å²) in [6.07, 6.45) is 1.03. The van der Waals surface area contributed by atoms with E-state index in [4.69, 9.17) is 23.1 Å². The molecule has 168 valence electrons. The lowest BCUT2D eigenvalue weighted by Gasteiger charge is -2.17. The molecule has 0 bridgehead atoms. The highest BCUT2D eigenvalue weighted by molar-refractivity contribution is 7.86. The van der Waals surface area contributed by atoms with Crippen LogP contribution in [0.2, 0.25) is 0 Å². The predicted octanol–water partition coefficient (Wildman–Crippen LogP) is 3.20. The number of aryl methyl sites for hydroxylation is 1. The van der Waals surface area contributed by atoms with E-state index in [1.54, 1.807) is 12.1 Å². The Morgan fingerprint density at radius 3 is 1.55 bits per heavy atom. The van der Waals surface area contributed by atoms with Crippen molar-refractivity contribution >= 4 is 10.1 Å². The molecule has 7 nitrogen and oxygen atoms in total. The quantitative estimate of drug-likeness (QED) is 0.293. The van der Waals surface area contributed by atoms with Gasteiger partial charge in [0.05, 0.1) is 57.8 Å². The summed E-state index contributed by atoms with van der Waals surface area (Å²) in [5.41, 5.74) is 1.28. The predicted molar refractivity (Wildman–Crippen MR) is 112 cm³/mol. The molecular formula is C21H36O7S. The third-order valence-electron chi connectivity index (χ3n) is 3.89. The van der Waals surface area contributed by atoms with Crippen LogP contribution in [0.3, 0.4) is 0 Å².